The number of nitrogens with one attached hydrogen (secondary N) is 2. The third-order valence-corrected chi connectivity index (χ3v) is 7.16. The largest absolute Gasteiger partial charge is 0.485 e. The van der Waals surface area contributed by atoms with Crippen molar-refractivity contribution in [2.45, 2.75) is 26.6 Å². The lowest BCUT2D eigenvalue weighted by Crippen LogP contribution is -2.45. The molecule has 1 saturated heterocycles. The predicted octanol–water partition coefficient (Wildman–Crippen LogP) is 5.40. The van der Waals surface area contributed by atoms with Gasteiger partial charge < -0.3 is 25.0 Å². The normalized spacial score (nSPS) is 16.0. The van der Waals surface area contributed by atoms with Crippen LogP contribution in [0.25, 0.3) is 0 Å². The molecule has 0 unspecified atom stereocenters. The van der Waals surface area contributed by atoms with Crippen LogP contribution in [0, 0.1) is 6.92 Å². The highest BCUT2D eigenvalue weighted by atomic mass is 19.4. The molecule has 8 nitrogen and oxygen atoms in total. The number of alkyl halides is 3. The highest BCUT2D eigenvalue weighted by molar-refractivity contribution is 6.04. The number of rotatable bonds is 7. The topological polar surface area (TPSA) is 79.0 Å². The summed E-state index contributed by atoms with van der Waals surface area (Å²) in [5.41, 5.74) is 0.539. The number of hydrogen-bond donors (Lipinski definition) is 2. The average molecular weight is 556 g/mol. The Labute approximate surface area is 231 Å². The maximum atomic E-state index is 14.0. The van der Waals surface area contributed by atoms with Crippen molar-refractivity contribution in [3.05, 3.63) is 70.9 Å². The number of aryl methyl sites for hydroxylation is 1. The number of carbonyl (C=O) groups excluding carboxylic acids is 1. The molecule has 0 radical (unpaired) electrons. The van der Waals surface area contributed by atoms with Crippen molar-refractivity contribution in [2.75, 3.05) is 56.5 Å². The summed E-state index contributed by atoms with van der Waals surface area (Å²) >= 11 is 0. The Hall–Kier alpha value is -3.83. The molecule has 11 heteroatoms. The zero-order valence-electron chi connectivity index (χ0n) is 22.5. The molecular formula is C29H32F3N5O3. The predicted molar refractivity (Wildman–Crippen MR) is 146 cm³/mol. The Bertz CT molecular complexity index is 1370. The average Bonchev–Trinajstić information content (AvgIpc) is 2.95. The van der Waals surface area contributed by atoms with Gasteiger partial charge in [-0.25, -0.2) is 4.98 Å². The van der Waals surface area contributed by atoms with E-state index >= 15 is 0 Å². The highest BCUT2D eigenvalue weighted by Gasteiger charge is 2.34. The van der Waals surface area contributed by atoms with E-state index in [0.717, 1.165) is 31.3 Å². The molecule has 212 valence electrons. The quantitative estimate of drug-likeness (QED) is 0.405. The molecule has 0 spiro atoms. The van der Waals surface area contributed by atoms with Crippen molar-refractivity contribution in [1.82, 2.24) is 14.8 Å². The molecule has 3 aromatic rings. The Kier molecular flexibility index (Phi) is 8.13. The van der Waals surface area contributed by atoms with Crippen LogP contribution in [-0.4, -0.2) is 66.6 Å². The molecule has 0 aliphatic carbocycles. The maximum absolute atomic E-state index is 14.0. The van der Waals surface area contributed by atoms with Gasteiger partial charge in [0.1, 0.15) is 12.4 Å². The van der Waals surface area contributed by atoms with Crippen LogP contribution in [0.4, 0.5) is 24.7 Å². The van der Waals surface area contributed by atoms with Crippen LogP contribution in [0.15, 0.2) is 48.7 Å². The van der Waals surface area contributed by atoms with Crippen LogP contribution in [0.3, 0.4) is 0 Å². The van der Waals surface area contributed by atoms with E-state index in [1.165, 1.54) is 12.1 Å². The fourth-order valence-corrected chi connectivity index (χ4v) is 4.83. The molecule has 1 aromatic heterocycles. The molecule has 1 fully saturated rings. The van der Waals surface area contributed by atoms with Crippen molar-refractivity contribution in [3.8, 4) is 17.2 Å². The summed E-state index contributed by atoms with van der Waals surface area (Å²) in [6.07, 6.45) is -2.96. The van der Waals surface area contributed by atoms with Crippen LogP contribution in [0.2, 0.25) is 0 Å². The minimum atomic E-state index is -4.55. The van der Waals surface area contributed by atoms with Gasteiger partial charge in [-0.15, -0.1) is 0 Å². The van der Waals surface area contributed by atoms with Crippen molar-refractivity contribution in [1.29, 1.82) is 0 Å². The number of hydrogen-bond acceptors (Lipinski definition) is 7. The number of piperazine rings is 1. The molecule has 0 saturated carbocycles. The molecule has 2 N–H and O–H groups in total. The number of anilines is 2. The van der Waals surface area contributed by atoms with Gasteiger partial charge in [-0.05, 0) is 48.9 Å². The molecule has 5 rings (SSSR count). The SMILES string of the molecule is CCN1CCN(Cc2ccc(NC(=O)c3ccc(C)c(Oc4ccnc5c4OCCN5)c3)cc2C(F)(F)F)CC1. The molecule has 3 heterocycles. The lowest BCUT2D eigenvalue weighted by Gasteiger charge is -2.34. The summed E-state index contributed by atoms with van der Waals surface area (Å²) in [6, 6.07) is 10.5. The van der Waals surface area contributed by atoms with E-state index in [9.17, 15) is 18.0 Å². The van der Waals surface area contributed by atoms with Crippen molar-refractivity contribution < 1.29 is 27.4 Å². The summed E-state index contributed by atoms with van der Waals surface area (Å²) in [6.45, 7) is 9.24. The smallest absolute Gasteiger partial charge is 0.416 e. The van der Waals surface area contributed by atoms with Crippen LogP contribution in [-0.2, 0) is 12.7 Å². The molecule has 2 aromatic carbocycles. The van der Waals surface area contributed by atoms with Gasteiger partial charge in [0.15, 0.2) is 11.6 Å². The zero-order chi connectivity index (χ0) is 28.3. The number of pyridine rings is 1. The number of likely N-dealkylation sites (N-methyl/N-ethyl adjacent to an activating group) is 1. The number of amides is 1. The number of aromatic nitrogens is 1. The van der Waals surface area contributed by atoms with E-state index in [1.54, 1.807) is 30.5 Å². The number of fused-ring (bicyclic) bond motifs is 1. The van der Waals surface area contributed by atoms with Gasteiger partial charge in [0.05, 0.1) is 12.1 Å². The van der Waals surface area contributed by atoms with Gasteiger partial charge >= 0.3 is 6.18 Å². The third kappa shape index (κ3) is 6.31. The van der Waals surface area contributed by atoms with Crippen molar-refractivity contribution >= 4 is 17.4 Å². The summed E-state index contributed by atoms with van der Waals surface area (Å²) in [5.74, 6) is 1.37. The Morgan fingerprint density at radius 1 is 1.07 bits per heavy atom. The lowest BCUT2D eigenvalue weighted by molar-refractivity contribution is -0.138. The van der Waals surface area contributed by atoms with Crippen molar-refractivity contribution in [2.24, 2.45) is 0 Å². The molecule has 2 aliphatic rings. The van der Waals surface area contributed by atoms with E-state index in [4.69, 9.17) is 9.47 Å². The van der Waals surface area contributed by atoms with Gasteiger partial charge in [-0.3, -0.25) is 9.69 Å². The molecule has 1 amide bonds. The summed E-state index contributed by atoms with van der Waals surface area (Å²) in [5, 5.41) is 5.76. The van der Waals surface area contributed by atoms with Gasteiger partial charge in [-0.2, -0.15) is 13.2 Å². The van der Waals surface area contributed by atoms with Crippen LogP contribution in [0.1, 0.15) is 34.0 Å². The number of nitrogens with zero attached hydrogens (tertiary/aromatic N) is 3. The van der Waals surface area contributed by atoms with Crippen LogP contribution < -0.4 is 20.1 Å². The van der Waals surface area contributed by atoms with Crippen LogP contribution >= 0.6 is 0 Å². The third-order valence-electron chi connectivity index (χ3n) is 7.16. The van der Waals surface area contributed by atoms with Gasteiger partial charge in [0, 0.05) is 56.2 Å². The molecule has 2 aliphatic heterocycles. The second-order valence-electron chi connectivity index (χ2n) is 9.88. The fraction of sp³-hybridized carbons (Fsp3) is 0.379. The fourth-order valence-electron chi connectivity index (χ4n) is 4.83. The van der Waals surface area contributed by atoms with E-state index in [2.05, 4.69) is 27.4 Å². The Morgan fingerprint density at radius 2 is 1.85 bits per heavy atom. The number of ether oxygens (including phenoxy) is 2. The standard InChI is InChI=1S/C29H32F3N5O3/c1-3-36-11-13-37(14-12-36)18-21-6-7-22(17-23(21)29(30,31)32)35-28(38)20-5-4-19(2)25(16-20)40-24-8-9-33-27-26(24)39-15-10-34-27/h4-9,16-17H,3,10-15,18H2,1-2H3,(H,33,34)(H,35,38). The minimum absolute atomic E-state index is 0.0719. The summed E-state index contributed by atoms with van der Waals surface area (Å²) in [7, 11) is 0. The second kappa shape index (κ2) is 11.7. The highest BCUT2D eigenvalue weighted by Crippen LogP contribution is 2.39. The van der Waals surface area contributed by atoms with Gasteiger partial charge in [0.2, 0.25) is 5.75 Å². The van der Waals surface area contributed by atoms with Crippen molar-refractivity contribution in [3.63, 3.8) is 0 Å². The number of halogens is 3. The van der Waals surface area contributed by atoms with E-state index in [1.807, 2.05) is 11.8 Å². The first kappa shape index (κ1) is 27.7. The van der Waals surface area contributed by atoms with Crippen LogP contribution in [0.5, 0.6) is 17.2 Å². The number of benzene rings is 2. The molecule has 40 heavy (non-hydrogen) atoms. The van der Waals surface area contributed by atoms with Gasteiger partial charge in [0.25, 0.3) is 5.91 Å². The van der Waals surface area contributed by atoms with E-state index in [0.29, 0.717) is 49.3 Å². The van der Waals surface area contributed by atoms with E-state index < -0.39 is 17.6 Å². The summed E-state index contributed by atoms with van der Waals surface area (Å²) in [4.78, 5) is 21.6. The Morgan fingerprint density at radius 3 is 2.60 bits per heavy atom. The molecular weight excluding hydrogens is 523 g/mol. The minimum Gasteiger partial charge on any atom is -0.485 e. The van der Waals surface area contributed by atoms with Gasteiger partial charge in [-0.1, -0.05) is 19.1 Å². The Balaban J connectivity index is 1.32. The number of carbonyl (C=O) groups is 1. The second-order valence-corrected chi connectivity index (χ2v) is 9.88. The molecule has 0 bridgehead atoms. The zero-order valence-corrected chi connectivity index (χ0v) is 22.5. The first-order valence-corrected chi connectivity index (χ1v) is 13.3. The maximum Gasteiger partial charge on any atom is 0.416 e. The summed E-state index contributed by atoms with van der Waals surface area (Å²) < 4.78 is 53.8. The first-order valence-electron chi connectivity index (χ1n) is 13.3. The first-order chi connectivity index (χ1) is 19.2. The van der Waals surface area contributed by atoms with E-state index in [-0.39, 0.29) is 23.4 Å². The molecule has 0 atom stereocenters. The lowest BCUT2D eigenvalue weighted by atomic mass is 10.0. The monoisotopic (exact) mass is 555 g/mol.